The molecule has 0 aliphatic rings. The van der Waals surface area contributed by atoms with Crippen molar-refractivity contribution < 1.29 is 9.32 Å². The van der Waals surface area contributed by atoms with Crippen LogP contribution >= 0.6 is 23.2 Å². The minimum atomic E-state index is -0.365. The quantitative estimate of drug-likeness (QED) is 0.725. The van der Waals surface area contributed by atoms with Crippen LogP contribution in [0.15, 0.2) is 40.9 Å². The summed E-state index contributed by atoms with van der Waals surface area (Å²) in [5.41, 5.74) is 0.367. The highest BCUT2D eigenvalue weighted by Gasteiger charge is 2.10. The number of benzene rings is 1. The van der Waals surface area contributed by atoms with E-state index in [1.807, 2.05) is 0 Å². The number of hydrogen-bond acceptors (Lipinski definition) is 6. The molecule has 0 bridgehead atoms. The molecule has 2 aromatic heterocycles. The number of carbonyl (C=O) groups is 1. The van der Waals surface area contributed by atoms with Crippen LogP contribution in [0.25, 0.3) is 0 Å². The maximum atomic E-state index is 12.1. The van der Waals surface area contributed by atoms with E-state index in [0.717, 1.165) is 0 Å². The molecule has 0 aliphatic carbocycles. The highest BCUT2D eigenvalue weighted by atomic mass is 35.5. The van der Waals surface area contributed by atoms with E-state index in [2.05, 4.69) is 26.0 Å². The number of aromatic nitrogens is 3. The molecule has 2 N–H and O–H groups in total. The Labute approximate surface area is 147 Å². The minimum absolute atomic E-state index is 0.299. The summed E-state index contributed by atoms with van der Waals surface area (Å²) < 4.78 is 4.94. The van der Waals surface area contributed by atoms with Crippen LogP contribution in [0.4, 0.5) is 17.5 Å². The van der Waals surface area contributed by atoms with Crippen molar-refractivity contribution in [3.63, 3.8) is 0 Å². The normalized spacial score (nSPS) is 10.5. The predicted molar refractivity (Wildman–Crippen MR) is 91.0 cm³/mol. The van der Waals surface area contributed by atoms with Gasteiger partial charge in [0, 0.05) is 11.6 Å². The van der Waals surface area contributed by atoms with Crippen LogP contribution in [0, 0.1) is 6.92 Å². The lowest BCUT2D eigenvalue weighted by Crippen LogP contribution is -2.13. The summed E-state index contributed by atoms with van der Waals surface area (Å²) in [7, 11) is 0. The Kier molecular flexibility index (Phi) is 4.64. The van der Waals surface area contributed by atoms with Crippen LogP contribution in [-0.4, -0.2) is 21.3 Å². The third-order valence-corrected chi connectivity index (χ3v) is 3.71. The summed E-state index contributed by atoms with van der Waals surface area (Å²) >= 11 is 11.7. The molecule has 0 radical (unpaired) electrons. The van der Waals surface area contributed by atoms with Gasteiger partial charge in [-0.3, -0.25) is 4.79 Å². The minimum Gasteiger partial charge on any atom is -0.360 e. The van der Waals surface area contributed by atoms with Crippen molar-refractivity contribution in [2.75, 3.05) is 10.6 Å². The first-order valence-electron chi connectivity index (χ1n) is 6.82. The van der Waals surface area contributed by atoms with E-state index in [1.165, 1.54) is 6.07 Å². The molecule has 1 aromatic carbocycles. The first-order valence-corrected chi connectivity index (χ1v) is 7.57. The lowest BCUT2D eigenvalue weighted by molar-refractivity contribution is 0.102. The largest absolute Gasteiger partial charge is 0.360 e. The van der Waals surface area contributed by atoms with Gasteiger partial charge in [0.25, 0.3) is 5.91 Å². The molecule has 0 fully saturated rings. The van der Waals surface area contributed by atoms with Gasteiger partial charge in [-0.1, -0.05) is 28.4 Å². The Bertz CT molecular complexity index is 880. The molecule has 3 rings (SSSR count). The van der Waals surface area contributed by atoms with Gasteiger partial charge in [0.2, 0.25) is 0 Å². The summed E-state index contributed by atoms with van der Waals surface area (Å²) in [6.45, 7) is 1.78. The van der Waals surface area contributed by atoms with E-state index < -0.39 is 0 Å². The number of nitrogens with one attached hydrogen (secondary N) is 2. The van der Waals surface area contributed by atoms with Crippen LogP contribution in [-0.2, 0) is 0 Å². The number of carbonyl (C=O) groups excluding carboxylic acids is 1. The van der Waals surface area contributed by atoms with Gasteiger partial charge in [0.1, 0.15) is 5.76 Å². The van der Waals surface area contributed by atoms with Crippen molar-refractivity contribution in [2.45, 2.75) is 6.92 Å². The fourth-order valence-corrected chi connectivity index (χ4v) is 2.15. The van der Waals surface area contributed by atoms with Crippen molar-refractivity contribution in [3.05, 3.63) is 57.8 Å². The van der Waals surface area contributed by atoms with Crippen molar-refractivity contribution in [3.8, 4) is 0 Å². The lowest BCUT2D eigenvalue weighted by Gasteiger charge is -2.06. The maximum Gasteiger partial charge on any atom is 0.256 e. The first kappa shape index (κ1) is 16.2. The number of halogens is 2. The average Bonchev–Trinajstić information content (AvgIpc) is 2.97. The summed E-state index contributed by atoms with van der Waals surface area (Å²) in [4.78, 5) is 12.1. The van der Waals surface area contributed by atoms with Crippen LogP contribution in [0.5, 0.6) is 0 Å². The van der Waals surface area contributed by atoms with E-state index in [0.29, 0.717) is 38.8 Å². The predicted octanol–water partition coefficient (Wildman–Crippen LogP) is 4.08. The molecule has 0 saturated carbocycles. The van der Waals surface area contributed by atoms with E-state index >= 15 is 0 Å². The van der Waals surface area contributed by atoms with Gasteiger partial charge >= 0.3 is 0 Å². The van der Waals surface area contributed by atoms with Crippen LogP contribution in [0.3, 0.4) is 0 Å². The van der Waals surface area contributed by atoms with Gasteiger partial charge in [-0.2, -0.15) is 0 Å². The third kappa shape index (κ3) is 3.81. The molecule has 0 atom stereocenters. The molecular weight excluding hydrogens is 353 g/mol. The number of aryl methyl sites for hydroxylation is 1. The zero-order chi connectivity index (χ0) is 17.1. The first-order chi connectivity index (χ1) is 11.5. The second-order valence-corrected chi connectivity index (χ2v) is 5.65. The molecular formula is C15H11Cl2N5O2. The number of rotatable bonds is 4. The van der Waals surface area contributed by atoms with E-state index in [1.54, 1.807) is 37.3 Å². The molecule has 2 heterocycles. The molecule has 7 nitrogen and oxygen atoms in total. The molecule has 122 valence electrons. The summed E-state index contributed by atoms with van der Waals surface area (Å²) in [6, 6.07) is 9.59. The number of nitrogens with zero attached hydrogens (tertiary/aromatic N) is 3. The Balaban J connectivity index is 1.67. The molecule has 3 aromatic rings. The maximum absolute atomic E-state index is 12.1. The van der Waals surface area contributed by atoms with E-state index in [-0.39, 0.29) is 5.91 Å². The van der Waals surface area contributed by atoms with Crippen molar-refractivity contribution in [1.82, 2.24) is 15.4 Å². The summed E-state index contributed by atoms with van der Waals surface area (Å²) in [6.07, 6.45) is 0. The summed E-state index contributed by atoms with van der Waals surface area (Å²) in [5.74, 6) is 1.60. The third-order valence-electron chi connectivity index (χ3n) is 2.97. The second kappa shape index (κ2) is 6.86. The van der Waals surface area contributed by atoms with Crippen molar-refractivity contribution >= 4 is 46.6 Å². The average molecular weight is 364 g/mol. The fourth-order valence-electron chi connectivity index (χ4n) is 1.85. The topological polar surface area (TPSA) is 92.9 Å². The number of amides is 1. The smallest absolute Gasteiger partial charge is 0.256 e. The van der Waals surface area contributed by atoms with Crippen LogP contribution in [0.1, 0.15) is 16.1 Å². The van der Waals surface area contributed by atoms with Gasteiger partial charge < -0.3 is 15.2 Å². The Morgan fingerprint density at radius 3 is 2.38 bits per heavy atom. The molecule has 0 spiro atoms. The molecule has 24 heavy (non-hydrogen) atoms. The number of hydrogen-bond donors (Lipinski definition) is 2. The van der Waals surface area contributed by atoms with Crippen LogP contribution < -0.4 is 10.6 Å². The molecule has 9 heteroatoms. The zero-order valence-electron chi connectivity index (χ0n) is 12.4. The van der Waals surface area contributed by atoms with Gasteiger partial charge in [-0.15, -0.1) is 10.2 Å². The number of anilines is 3. The molecule has 0 aliphatic heterocycles. The highest BCUT2D eigenvalue weighted by Crippen LogP contribution is 2.23. The SMILES string of the molecule is Cc1cc(Nc2ccc(NC(=O)c3ccc(Cl)c(Cl)c3)nn2)no1. The Morgan fingerprint density at radius 2 is 1.75 bits per heavy atom. The Hall–Kier alpha value is -2.64. The fraction of sp³-hybridized carbons (Fsp3) is 0.0667. The second-order valence-electron chi connectivity index (χ2n) is 4.83. The summed E-state index contributed by atoms with van der Waals surface area (Å²) in [5, 5.41) is 17.9. The lowest BCUT2D eigenvalue weighted by atomic mass is 10.2. The van der Waals surface area contributed by atoms with Gasteiger partial charge in [-0.25, -0.2) is 0 Å². The van der Waals surface area contributed by atoms with Gasteiger partial charge in [0.15, 0.2) is 17.5 Å². The van der Waals surface area contributed by atoms with E-state index in [9.17, 15) is 4.79 Å². The monoisotopic (exact) mass is 363 g/mol. The molecule has 0 unspecified atom stereocenters. The van der Waals surface area contributed by atoms with E-state index in [4.69, 9.17) is 27.7 Å². The standard InChI is InChI=1S/C15H11Cl2N5O2/c1-8-6-14(22-24-8)18-12-4-5-13(21-20-12)19-15(23)9-2-3-10(16)11(17)7-9/h2-7H,1H3,(H,18,20,22)(H,19,21,23). The van der Waals surface area contributed by atoms with Crippen molar-refractivity contribution in [2.24, 2.45) is 0 Å². The molecule has 0 saturated heterocycles. The highest BCUT2D eigenvalue weighted by molar-refractivity contribution is 6.42. The van der Waals surface area contributed by atoms with Gasteiger partial charge in [-0.05, 0) is 37.3 Å². The van der Waals surface area contributed by atoms with Gasteiger partial charge in [0.05, 0.1) is 10.0 Å². The zero-order valence-corrected chi connectivity index (χ0v) is 13.9. The van der Waals surface area contributed by atoms with Crippen LogP contribution in [0.2, 0.25) is 10.0 Å². The van der Waals surface area contributed by atoms with Crippen molar-refractivity contribution in [1.29, 1.82) is 0 Å². The molecule has 1 amide bonds. The Morgan fingerprint density at radius 1 is 1.00 bits per heavy atom.